The molecule has 1 saturated heterocycles. The molecule has 1 fully saturated rings. The van der Waals surface area contributed by atoms with Gasteiger partial charge in [-0.1, -0.05) is 0 Å². The van der Waals surface area contributed by atoms with Gasteiger partial charge in [0.25, 0.3) is 0 Å². The molecule has 4 nitrogen and oxygen atoms in total. The molecular weight excluding hydrogens is 204 g/mol. The maximum atomic E-state index is 10.4. The summed E-state index contributed by atoms with van der Waals surface area (Å²) in [7, 11) is 0. The van der Waals surface area contributed by atoms with E-state index < -0.39 is 5.97 Å². The zero-order valence-electron chi connectivity index (χ0n) is 9.69. The molecule has 16 heavy (non-hydrogen) atoms. The van der Waals surface area contributed by atoms with Gasteiger partial charge >= 0.3 is 5.97 Å². The fraction of sp³-hybridized carbons (Fsp3) is 0.833. The lowest BCUT2D eigenvalue weighted by Crippen LogP contribution is -2.34. The van der Waals surface area contributed by atoms with Crippen molar-refractivity contribution < 1.29 is 9.90 Å². The Bertz CT molecular complexity index is 252. The first kappa shape index (κ1) is 13.0. The number of carbonyl (C=O) groups is 1. The minimum Gasteiger partial charge on any atom is -0.481 e. The minimum atomic E-state index is -0.684. The molecule has 0 saturated carbocycles. The fourth-order valence-corrected chi connectivity index (χ4v) is 2.21. The second-order valence-electron chi connectivity index (χ2n) is 4.48. The molecule has 90 valence electrons. The molecule has 1 aliphatic heterocycles. The lowest BCUT2D eigenvalue weighted by Gasteiger charge is -2.31. The first-order valence-corrected chi connectivity index (χ1v) is 6.03. The summed E-state index contributed by atoms with van der Waals surface area (Å²) in [5, 5.41) is 17.0. The van der Waals surface area contributed by atoms with Crippen LogP contribution in [0.4, 0.5) is 0 Å². The molecule has 1 rings (SSSR count). The number of nitrogens with zero attached hydrogens (tertiary/aromatic N) is 2. The van der Waals surface area contributed by atoms with Crippen LogP contribution in [-0.2, 0) is 4.79 Å². The second-order valence-corrected chi connectivity index (χ2v) is 4.48. The number of unbranched alkanes of at least 4 members (excludes halogenated alkanes) is 1. The maximum Gasteiger partial charge on any atom is 0.303 e. The Morgan fingerprint density at radius 1 is 1.44 bits per heavy atom. The molecule has 1 aliphatic rings. The first-order valence-electron chi connectivity index (χ1n) is 6.03. The van der Waals surface area contributed by atoms with E-state index in [0.29, 0.717) is 18.8 Å². The monoisotopic (exact) mass is 224 g/mol. The largest absolute Gasteiger partial charge is 0.481 e. The molecule has 0 aromatic carbocycles. The van der Waals surface area contributed by atoms with E-state index in [4.69, 9.17) is 10.4 Å². The summed E-state index contributed by atoms with van der Waals surface area (Å²) in [6, 6.07) is 2.16. The van der Waals surface area contributed by atoms with Gasteiger partial charge in [0, 0.05) is 12.8 Å². The van der Waals surface area contributed by atoms with Crippen LogP contribution in [-0.4, -0.2) is 35.6 Å². The number of carboxylic acids is 1. The molecule has 0 aromatic heterocycles. The summed E-state index contributed by atoms with van der Waals surface area (Å²) in [6.07, 6.45) is 4.94. The lowest BCUT2D eigenvalue weighted by atomic mass is 9.92. The maximum absolute atomic E-state index is 10.4. The molecule has 0 bridgehead atoms. The lowest BCUT2D eigenvalue weighted by molar-refractivity contribution is -0.137. The zero-order chi connectivity index (χ0) is 11.8. The Hall–Kier alpha value is -1.08. The number of rotatable bonds is 6. The average Bonchev–Trinajstić information content (AvgIpc) is 2.28. The summed E-state index contributed by atoms with van der Waals surface area (Å²) in [4.78, 5) is 12.8. The van der Waals surface area contributed by atoms with Gasteiger partial charge in [0.1, 0.15) is 0 Å². The molecule has 0 atom stereocenters. The third-order valence-corrected chi connectivity index (χ3v) is 3.24. The Kier molecular flexibility index (Phi) is 5.87. The van der Waals surface area contributed by atoms with Gasteiger partial charge in [0.2, 0.25) is 0 Å². The molecule has 0 unspecified atom stereocenters. The summed E-state index contributed by atoms with van der Waals surface area (Å²) < 4.78 is 0. The van der Waals surface area contributed by atoms with Crippen molar-refractivity contribution in [3.05, 3.63) is 0 Å². The Labute approximate surface area is 96.9 Å². The van der Waals surface area contributed by atoms with E-state index in [1.54, 1.807) is 0 Å². The topological polar surface area (TPSA) is 64.3 Å². The molecule has 4 heteroatoms. The van der Waals surface area contributed by atoms with E-state index >= 15 is 0 Å². The van der Waals surface area contributed by atoms with Crippen LogP contribution in [0.2, 0.25) is 0 Å². The number of carboxylic acid groups (broad SMARTS) is 1. The summed E-state index contributed by atoms with van der Waals surface area (Å²) in [5.41, 5.74) is 0. The van der Waals surface area contributed by atoms with Gasteiger partial charge in [0.15, 0.2) is 0 Å². The van der Waals surface area contributed by atoms with Crippen LogP contribution in [0.5, 0.6) is 0 Å². The van der Waals surface area contributed by atoms with Gasteiger partial charge < -0.3 is 10.0 Å². The van der Waals surface area contributed by atoms with Crippen LogP contribution in [0.15, 0.2) is 0 Å². The van der Waals surface area contributed by atoms with E-state index in [9.17, 15) is 4.79 Å². The van der Waals surface area contributed by atoms with E-state index in [-0.39, 0.29) is 0 Å². The number of aliphatic carboxylic acids is 1. The highest BCUT2D eigenvalue weighted by Gasteiger charge is 2.19. The highest BCUT2D eigenvalue weighted by Crippen LogP contribution is 2.21. The molecule has 1 N–H and O–H groups in total. The van der Waals surface area contributed by atoms with Gasteiger partial charge in [-0.2, -0.15) is 5.26 Å². The SMILES string of the molecule is N#CCCCN1CCC(CCC(=O)O)CC1. The number of piperidine rings is 1. The van der Waals surface area contributed by atoms with Crippen molar-refractivity contribution in [2.75, 3.05) is 19.6 Å². The quantitative estimate of drug-likeness (QED) is 0.699. The summed E-state index contributed by atoms with van der Waals surface area (Å²) in [6.45, 7) is 3.14. The normalized spacial score (nSPS) is 18.2. The Balaban J connectivity index is 2.09. The van der Waals surface area contributed by atoms with Gasteiger partial charge in [-0.15, -0.1) is 0 Å². The van der Waals surface area contributed by atoms with E-state index in [2.05, 4.69) is 11.0 Å². The van der Waals surface area contributed by atoms with E-state index in [1.807, 2.05) is 0 Å². The van der Waals surface area contributed by atoms with Crippen molar-refractivity contribution in [3.8, 4) is 6.07 Å². The number of likely N-dealkylation sites (tertiary alicyclic amines) is 1. The van der Waals surface area contributed by atoms with Crippen LogP contribution in [0.1, 0.15) is 38.5 Å². The summed E-state index contributed by atoms with van der Waals surface area (Å²) >= 11 is 0. The fourth-order valence-electron chi connectivity index (χ4n) is 2.21. The van der Waals surface area contributed by atoms with Crippen molar-refractivity contribution in [3.63, 3.8) is 0 Å². The Morgan fingerprint density at radius 3 is 2.69 bits per heavy atom. The third-order valence-electron chi connectivity index (χ3n) is 3.24. The smallest absolute Gasteiger partial charge is 0.303 e. The van der Waals surface area contributed by atoms with Crippen molar-refractivity contribution >= 4 is 5.97 Å². The molecule has 0 amide bonds. The van der Waals surface area contributed by atoms with E-state index in [0.717, 1.165) is 45.3 Å². The summed E-state index contributed by atoms with van der Waals surface area (Å²) in [5.74, 6) is -0.0974. The molecule has 0 radical (unpaired) electrons. The van der Waals surface area contributed by atoms with Crippen LogP contribution in [0.25, 0.3) is 0 Å². The van der Waals surface area contributed by atoms with Crippen molar-refractivity contribution in [2.45, 2.75) is 38.5 Å². The predicted octanol–water partition coefficient (Wildman–Crippen LogP) is 1.87. The molecule has 0 aromatic rings. The van der Waals surface area contributed by atoms with Crippen LogP contribution in [0.3, 0.4) is 0 Å². The average molecular weight is 224 g/mol. The second kappa shape index (κ2) is 7.24. The van der Waals surface area contributed by atoms with E-state index in [1.165, 1.54) is 0 Å². The molecule has 0 aliphatic carbocycles. The van der Waals surface area contributed by atoms with Crippen LogP contribution >= 0.6 is 0 Å². The minimum absolute atomic E-state index is 0.305. The van der Waals surface area contributed by atoms with Gasteiger partial charge in [-0.3, -0.25) is 4.79 Å². The third kappa shape index (κ3) is 5.13. The highest BCUT2D eigenvalue weighted by molar-refractivity contribution is 5.66. The zero-order valence-corrected chi connectivity index (χ0v) is 9.69. The number of hydrogen-bond donors (Lipinski definition) is 1. The highest BCUT2D eigenvalue weighted by atomic mass is 16.4. The molecule has 0 spiro atoms. The number of hydrogen-bond acceptors (Lipinski definition) is 3. The van der Waals surface area contributed by atoms with Crippen LogP contribution < -0.4 is 0 Å². The predicted molar refractivity (Wildman–Crippen MR) is 60.9 cm³/mol. The van der Waals surface area contributed by atoms with Crippen molar-refractivity contribution in [1.29, 1.82) is 5.26 Å². The molecule has 1 heterocycles. The Morgan fingerprint density at radius 2 is 2.12 bits per heavy atom. The standard InChI is InChI=1S/C12H20N2O2/c13-7-1-2-8-14-9-5-11(6-10-14)3-4-12(15)16/h11H,1-6,8-10H2,(H,15,16). The van der Waals surface area contributed by atoms with Gasteiger partial charge in [-0.05, 0) is 51.2 Å². The van der Waals surface area contributed by atoms with Crippen LogP contribution in [0, 0.1) is 17.2 Å². The van der Waals surface area contributed by atoms with Crippen molar-refractivity contribution in [1.82, 2.24) is 4.90 Å². The molecular formula is C12H20N2O2. The van der Waals surface area contributed by atoms with Gasteiger partial charge in [0.05, 0.1) is 6.07 Å². The van der Waals surface area contributed by atoms with Gasteiger partial charge in [-0.25, -0.2) is 0 Å². The first-order chi connectivity index (χ1) is 7.72. The van der Waals surface area contributed by atoms with Crippen molar-refractivity contribution in [2.24, 2.45) is 5.92 Å². The number of nitriles is 1.